The first kappa shape index (κ1) is 22.3. The van der Waals surface area contributed by atoms with E-state index in [4.69, 9.17) is 0 Å². The minimum Gasteiger partial charge on any atom is -0.348 e. The van der Waals surface area contributed by atoms with Gasteiger partial charge in [-0.3, -0.25) is 4.79 Å². The number of thiophene rings is 1. The molecule has 9 heteroatoms. The maximum atomic E-state index is 12.9. The van der Waals surface area contributed by atoms with Crippen molar-refractivity contribution in [1.29, 1.82) is 0 Å². The molecule has 2 aromatic carbocycles. The fourth-order valence-electron chi connectivity index (χ4n) is 3.21. The van der Waals surface area contributed by atoms with E-state index in [1.54, 1.807) is 29.5 Å². The number of rotatable bonds is 5. The van der Waals surface area contributed by atoms with Crippen molar-refractivity contribution in [2.75, 3.05) is 0 Å². The number of carbonyl (C=O) groups excluding carboxylic acids is 1. The summed E-state index contributed by atoms with van der Waals surface area (Å²) < 4.78 is 38.8. The number of carbonyl (C=O) groups is 1. The Labute approximate surface area is 190 Å². The monoisotopic (exact) mass is 473 g/mol. The van der Waals surface area contributed by atoms with E-state index < -0.39 is 11.7 Å². The lowest BCUT2D eigenvalue weighted by Crippen LogP contribution is -2.23. The molecule has 0 bridgehead atoms. The van der Waals surface area contributed by atoms with Gasteiger partial charge in [0.25, 0.3) is 5.91 Å². The van der Waals surface area contributed by atoms with Crippen LogP contribution in [0.15, 0.2) is 64.8 Å². The molecule has 0 atom stereocenters. The van der Waals surface area contributed by atoms with Crippen molar-refractivity contribution in [2.24, 2.45) is 0 Å². The molecular formula is C23H18F3N3OS2. The number of hydrogen-bond acceptors (Lipinski definition) is 5. The van der Waals surface area contributed by atoms with Gasteiger partial charge in [-0.1, -0.05) is 36.0 Å². The maximum Gasteiger partial charge on any atom is 0.416 e. The molecule has 4 rings (SSSR count). The first-order valence-electron chi connectivity index (χ1n) is 9.66. The Morgan fingerprint density at radius 1 is 1.09 bits per heavy atom. The van der Waals surface area contributed by atoms with Crippen LogP contribution >= 0.6 is 23.1 Å². The number of fused-ring (bicyclic) bond motifs is 1. The third kappa shape index (κ3) is 4.63. The van der Waals surface area contributed by atoms with E-state index in [1.807, 2.05) is 26.0 Å². The molecule has 164 valence electrons. The largest absolute Gasteiger partial charge is 0.416 e. The van der Waals surface area contributed by atoms with Crippen molar-refractivity contribution in [3.8, 4) is 0 Å². The van der Waals surface area contributed by atoms with E-state index in [1.165, 1.54) is 24.2 Å². The minimum absolute atomic E-state index is 0.0116. The zero-order valence-electron chi connectivity index (χ0n) is 17.2. The quantitative estimate of drug-likeness (QED) is 0.341. The Kier molecular flexibility index (Phi) is 6.21. The lowest BCUT2D eigenvalue weighted by Gasteiger charge is -2.12. The topological polar surface area (TPSA) is 54.9 Å². The number of aromatic nitrogens is 2. The van der Waals surface area contributed by atoms with Gasteiger partial charge in [0.1, 0.15) is 16.2 Å². The van der Waals surface area contributed by atoms with Crippen LogP contribution in [0.25, 0.3) is 10.2 Å². The summed E-state index contributed by atoms with van der Waals surface area (Å²) in [6.07, 6.45) is -2.92. The van der Waals surface area contributed by atoms with Gasteiger partial charge in [-0.2, -0.15) is 13.2 Å². The summed E-state index contributed by atoms with van der Waals surface area (Å²) in [5.41, 5.74) is 1.18. The molecule has 0 saturated heterocycles. The summed E-state index contributed by atoms with van der Waals surface area (Å²) in [6.45, 7) is 4.04. The molecular weight excluding hydrogens is 455 g/mol. The number of halogens is 3. The highest BCUT2D eigenvalue weighted by Gasteiger charge is 2.30. The van der Waals surface area contributed by atoms with Crippen LogP contribution in [0.1, 0.15) is 31.9 Å². The first-order valence-corrected chi connectivity index (χ1v) is 11.3. The molecule has 1 amide bonds. The van der Waals surface area contributed by atoms with Gasteiger partial charge < -0.3 is 5.32 Å². The zero-order chi connectivity index (χ0) is 22.9. The van der Waals surface area contributed by atoms with Crippen LogP contribution < -0.4 is 5.32 Å². The molecule has 32 heavy (non-hydrogen) atoms. The Bertz CT molecular complexity index is 1300. The molecule has 0 aliphatic carbocycles. The summed E-state index contributed by atoms with van der Waals surface area (Å²) in [6, 6.07) is 12.0. The van der Waals surface area contributed by atoms with E-state index in [9.17, 15) is 18.0 Å². The van der Waals surface area contributed by atoms with Gasteiger partial charge in [-0.25, -0.2) is 9.97 Å². The highest BCUT2D eigenvalue weighted by molar-refractivity contribution is 7.99. The van der Waals surface area contributed by atoms with Gasteiger partial charge >= 0.3 is 6.18 Å². The average molecular weight is 474 g/mol. The fraction of sp³-hybridized carbons (Fsp3) is 0.174. The molecule has 4 aromatic rings. The summed E-state index contributed by atoms with van der Waals surface area (Å²) in [5.74, 6) is -0.367. The van der Waals surface area contributed by atoms with Crippen LogP contribution in [0.3, 0.4) is 0 Å². The van der Waals surface area contributed by atoms with E-state index >= 15 is 0 Å². The number of aryl methyl sites for hydroxylation is 2. The van der Waals surface area contributed by atoms with Crippen molar-refractivity contribution >= 4 is 39.2 Å². The summed E-state index contributed by atoms with van der Waals surface area (Å²) in [7, 11) is 0. The van der Waals surface area contributed by atoms with Crippen molar-refractivity contribution in [3.63, 3.8) is 0 Å². The second-order valence-electron chi connectivity index (χ2n) is 7.12. The van der Waals surface area contributed by atoms with Gasteiger partial charge in [-0.05, 0) is 49.2 Å². The summed E-state index contributed by atoms with van der Waals surface area (Å²) in [5, 5.41) is 4.45. The van der Waals surface area contributed by atoms with Crippen LogP contribution in [-0.2, 0) is 12.7 Å². The molecule has 0 spiro atoms. The molecule has 0 unspecified atom stereocenters. The van der Waals surface area contributed by atoms with Gasteiger partial charge in [0, 0.05) is 21.7 Å². The van der Waals surface area contributed by atoms with Crippen molar-refractivity contribution < 1.29 is 18.0 Å². The molecule has 2 heterocycles. The smallest absolute Gasteiger partial charge is 0.348 e. The molecule has 0 fully saturated rings. The second kappa shape index (κ2) is 8.91. The molecule has 4 nitrogen and oxygen atoms in total. The fourth-order valence-corrected chi connectivity index (χ4v) is 5.35. The molecule has 0 aliphatic rings. The maximum absolute atomic E-state index is 12.9. The SMILES string of the molecule is Cc1sc2ncnc(Sc3ccccc3C(=O)NCc3cccc(C(F)(F)F)c3)c2c1C. The van der Waals surface area contributed by atoms with E-state index in [2.05, 4.69) is 15.3 Å². The van der Waals surface area contributed by atoms with Gasteiger partial charge in [0.05, 0.1) is 11.1 Å². The summed E-state index contributed by atoms with van der Waals surface area (Å²) in [4.78, 5) is 24.4. The standard InChI is InChI=1S/C23H18F3N3OS2/c1-13-14(2)31-21-19(13)22(29-12-28-21)32-18-9-4-3-8-17(18)20(30)27-11-15-6-5-7-16(10-15)23(24,25)26/h3-10,12H,11H2,1-2H3,(H,27,30). The molecule has 0 saturated carbocycles. The van der Waals surface area contributed by atoms with E-state index in [0.717, 1.165) is 37.8 Å². The lowest BCUT2D eigenvalue weighted by molar-refractivity contribution is -0.137. The second-order valence-corrected chi connectivity index (χ2v) is 9.36. The summed E-state index contributed by atoms with van der Waals surface area (Å²) >= 11 is 2.97. The normalized spacial score (nSPS) is 11.7. The zero-order valence-corrected chi connectivity index (χ0v) is 18.8. The van der Waals surface area contributed by atoms with Crippen molar-refractivity contribution in [3.05, 3.63) is 82.0 Å². The number of alkyl halides is 3. The predicted molar refractivity (Wildman–Crippen MR) is 120 cm³/mol. The van der Waals surface area contributed by atoms with Crippen LogP contribution in [0.2, 0.25) is 0 Å². The molecule has 1 N–H and O–H groups in total. The molecule has 0 radical (unpaired) electrons. The Morgan fingerprint density at radius 2 is 1.88 bits per heavy atom. The van der Waals surface area contributed by atoms with Crippen LogP contribution in [0.5, 0.6) is 0 Å². The molecule has 0 aliphatic heterocycles. The van der Waals surface area contributed by atoms with Gasteiger partial charge in [-0.15, -0.1) is 11.3 Å². The van der Waals surface area contributed by atoms with Gasteiger partial charge in [0.15, 0.2) is 0 Å². The minimum atomic E-state index is -4.43. The third-order valence-corrected chi connectivity index (χ3v) is 7.17. The Balaban J connectivity index is 1.56. The number of amides is 1. The average Bonchev–Trinajstić information content (AvgIpc) is 3.06. The number of nitrogens with one attached hydrogen (secondary N) is 1. The van der Waals surface area contributed by atoms with E-state index in [-0.39, 0.29) is 12.5 Å². The Hall–Kier alpha value is -2.91. The van der Waals surface area contributed by atoms with Crippen LogP contribution in [0, 0.1) is 13.8 Å². The van der Waals surface area contributed by atoms with Crippen molar-refractivity contribution in [1.82, 2.24) is 15.3 Å². The van der Waals surface area contributed by atoms with Crippen molar-refractivity contribution in [2.45, 2.75) is 36.5 Å². The molecule has 2 aromatic heterocycles. The number of hydrogen-bond donors (Lipinski definition) is 1. The van der Waals surface area contributed by atoms with Crippen LogP contribution in [-0.4, -0.2) is 15.9 Å². The number of nitrogens with zero attached hydrogens (tertiary/aromatic N) is 2. The van der Waals surface area contributed by atoms with Crippen LogP contribution in [0.4, 0.5) is 13.2 Å². The Morgan fingerprint density at radius 3 is 2.66 bits per heavy atom. The predicted octanol–water partition coefficient (Wildman–Crippen LogP) is 6.41. The first-order chi connectivity index (χ1) is 15.2. The highest BCUT2D eigenvalue weighted by Crippen LogP contribution is 2.38. The van der Waals surface area contributed by atoms with Gasteiger partial charge in [0.2, 0.25) is 0 Å². The lowest BCUT2D eigenvalue weighted by atomic mass is 10.1. The number of benzene rings is 2. The highest BCUT2D eigenvalue weighted by atomic mass is 32.2. The third-order valence-electron chi connectivity index (χ3n) is 4.98. The van der Waals surface area contributed by atoms with E-state index in [0.29, 0.717) is 16.0 Å².